The maximum atomic E-state index is 13.0. The summed E-state index contributed by atoms with van der Waals surface area (Å²) in [6.07, 6.45) is 1.95. The highest BCUT2D eigenvalue weighted by molar-refractivity contribution is 7.97. The molecule has 0 saturated carbocycles. The minimum atomic E-state index is -3.66. The number of rotatable bonds is 7. The zero-order chi connectivity index (χ0) is 21.2. The molecule has 3 rings (SSSR count). The average Bonchev–Trinajstić information content (AvgIpc) is 3.07. The van der Waals surface area contributed by atoms with Gasteiger partial charge in [-0.05, 0) is 30.5 Å². The van der Waals surface area contributed by atoms with Crippen molar-refractivity contribution >= 4 is 44.3 Å². The Bertz CT molecular complexity index is 1150. The van der Waals surface area contributed by atoms with E-state index >= 15 is 0 Å². The molecule has 1 N–H and O–H groups in total. The van der Waals surface area contributed by atoms with Crippen molar-refractivity contribution in [2.45, 2.75) is 10.6 Å². The van der Waals surface area contributed by atoms with Crippen molar-refractivity contribution in [3.05, 3.63) is 53.8 Å². The number of nitrogens with one attached hydrogen (secondary N) is 1. The van der Waals surface area contributed by atoms with Crippen LogP contribution >= 0.6 is 11.8 Å². The number of ether oxygens (including phenoxy) is 1. The summed E-state index contributed by atoms with van der Waals surface area (Å²) in [6.45, 7) is 0. The Morgan fingerprint density at radius 3 is 2.59 bits per heavy atom. The van der Waals surface area contributed by atoms with Crippen LogP contribution in [0.2, 0.25) is 0 Å². The predicted octanol–water partition coefficient (Wildman–Crippen LogP) is 3.81. The van der Waals surface area contributed by atoms with E-state index in [1.807, 2.05) is 24.5 Å². The highest BCUT2D eigenvalue weighted by Gasteiger charge is 2.23. The summed E-state index contributed by atoms with van der Waals surface area (Å²) in [4.78, 5) is 13.1. The molecule has 154 valence electrons. The summed E-state index contributed by atoms with van der Waals surface area (Å²) in [5, 5.41) is 3.62. The van der Waals surface area contributed by atoms with Gasteiger partial charge in [0.2, 0.25) is 10.0 Å². The molecule has 7 nitrogen and oxygen atoms in total. The number of hydrogen-bond donors (Lipinski definition) is 1. The van der Waals surface area contributed by atoms with Crippen LogP contribution in [0.5, 0.6) is 5.75 Å². The fraction of sp³-hybridized carbons (Fsp3) is 0.250. The number of fused-ring (bicyclic) bond motifs is 1. The predicted molar refractivity (Wildman–Crippen MR) is 115 cm³/mol. The van der Waals surface area contributed by atoms with Gasteiger partial charge in [0.05, 0.1) is 17.7 Å². The van der Waals surface area contributed by atoms with E-state index in [9.17, 15) is 13.2 Å². The van der Waals surface area contributed by atoms with E-state index in [4.69, 9.17) is 9.15 Å². The summed E-state index contributed by atoms with van der Waals surface area (Å²) in [7, 11) is 0.678. The third-order valence-corrected chi connectivity index (χ3v) is 6.78. The van der Waals surface area contributed by atoms with E-state index in [0.717, 1.165) is 15.3 Å². The molecule has 0 atom stereocenters. The van der Waals surface area contributed by atoms with E-state index in [2.05, 4.69) is 5.32 Å². The molecule has 0 fully saturated rings. The van der Waals surface area contributed by atoms with Gasteiger partial charge >= 0.3 is 0 Å². The molecule has 0 aliphatic rings. The Balaban J connectivity index is 2.03. The summed E-state index contributed by atoms with van der Waals surface area (Å²) < 4.78 is 37.1. The third-order valence-electron chi connectivity index (χ3n) is 4.39. The number of carbonyl (C=O) groups is 1. The second kappa shape index (κ2) is 8.48. The summed E-state index contributed by atoms with van der Waals surface area (Å²) in [5.41, 5.74) is 1.66. The van der Waals surface area contributed by atoms with Crippen LogP contribution in [0.4, 0.5) is 5.69 Å². The van der Waals surface area contributed by atoms with Crippen molar-refractivity contribution in [2.75, 3.05) is 32.8 Å². The Hall–Kier alpha value is -2.49. The molecule has 9 heteroatoms. The first-order valence-corrected chi connectivity index (χ1v) is 11.5. The van der Waals surface area contributed by atoms with Crippen LogP contribution < -0.4 is 10.1 Å². The molecule has 0 saturated heterocycles. The second-order valence-corrected chi connectivity index (χ2v) is 9.46. The normalized spacial score (nSPS) is 11.8. The van der Waals surface area contributed by atoms with Crippen LogP contribution in [0.3, 0.4) is 0 Å². The lowest BCUT2D eigenvalue weighted by Gasteiger charge is -2.15. The van der Waals surface area contributed by atoms with E-state index in [-0.39, 0.29) is 16.3 Å². The number of hydrogen-bond acceptors (Lipinski definition) is 6. The van der Waals surface area contributed by atoms with Crippen molar-refractivity contribution < 1.29 is 22.4 Å². The van der Waals surface area contributed by atoms with Gasteiger partial charge in [-0.1, -0.05) is 18.2 Å². The maximum Gasteiger partial charge on any atom is 0.291 e. The largest absolute Gasteiger partial charge is 0.495 e. The standard InChI is InChI=1S/C20H22N2O5S2/c1-22(2)29(24,25)13-9-10-18(26-3)16(11-13)21-20(23)19-15(12-28-4)14-7-5-6-8-17(14)27-19/h5-11H,12H2,1-4H3,(H,21,23). The number of nitrogens with zero attached hydrogens (tertiary/aromatic N) is 1. The Labute approximate surface area is 174 Å². The molecule has 0 unspecified atom stereocenters. The van der Waals surface area contributed by atoms with E-state index in [0.29, 0.717) is 17.1 Å². The number of anilines is 1. The van der Waals surface area contributed by atoms with Crippen molar-refractivity contribution in [1.82, 2.24) is 4.31 Å². The molecule has 2 aromatic carbocycles. The molecule has 0 aliphatic heterocycles. The minimum absolute atomic E-state index is 0.0487. The quantitative estimate of drug-likeness (QED) is 0.608. The topological polar surface area (TPSA) is 88.9 Å². The van der Waals surface area contributed by atoms with E-state index in [1.165, 1.54) is 39.4 Å². The fourth-order valence-electron chi connectivity index (χ4n) is 2.90. The van der Waals surface area contributed by atoms with Gasteiger partial charge in [0.1, 0.15) is 11.3 Å². The SMILES string of the molecule is COc1ccc(S(=O)(=O)N(C)C)cc1NC(=O)c1oc2ccccc2c1CSC. The van der Waals surface area contributed by atoms with Crippen molar-refractivity contribution in [2.24, 2.45) is 0 Å². The third kappa shape index (κ3) is 4.12. The number of carbonyl (C=O) groups excluding carboxylic acids is 1. The average molecular weight is 435 g/mol. The van der Waals surface area contributed by atoms with Gasteiger partial charge in [0.25, 0.3) is 5.91 Å². The number of thioether (sulfide) groups is 1. The van der Waals surface area contributed by atoms with Crippen molar-refractivity contribution in [3.8, 4) is 5.75 Å². The Kier molecular flexibility index (Phi) is 6.21. The van der Waals surface area contributed by atoms with Crippen molar-refractivity contribution in [1.29, 1.82) is 0 Å². The molecule has 3 aromatic rings. The zero-order valence-electron chi connectivity index (χ0n) is 16.6. The molecular weight excluding hydrogens is 412 g/mol. The van der Waals surface area contributed by atoms with Crippen LogP contribution in [0.1, 0.15) is 16.1 Å². The van der Waals surface area contributed by atoms with Crippen LogP contribution in [0.15, 0.2) is 51.8 Å². The zero-order valence-corrected chi connectivity index (χ0v) is 18.2. The molecule has 0 radical (unpaired) electrons. The first-order valence-electron chi connectivity index (χ1n) is 8.71. The number of methoxy groups -OCH3 is 1. The number of furan rings is 1. The number of amides is 1. The summed E-state index contributed by atoms with van der Waals surface area (Å²) >= 11 is 1.58. The summed E-state index contributed by atoms with van der Waals surface area (Å²) in [5.74, 6) is 0.677. The highest BCUT2D eigenvalue weighted by atomic mass is 32.2. The van der Waals surface area contributed by atoms with Gasteiger partial charge in [-0.2, -0.15) is 11.8 Å². The van der Waals surface area contributed by atoms with Crippen LogP contribution in [-0.2, 0) is 15.8 Å². The van der Waals surface area contributed by atoms with Gasteiger partial charge in [-0.25, -0.2) is 12.7 Å². The Morgan fingerprint density at radius 2 is 1.93 bits per heavy atom. The van der Waals surface area contributed by atoms with Gasteiger partial charge < -0.3 is 14.5 Å². The van der Waals surface area contributed by atoms with Gasteiger partial charge in [0, 0.05) is 30.8 Å². The molecule has 29 heavy (non-hydrogen) atoms. The first kappa shape index (κ1) is 21.2. The molecular formula is C20H22N2O5S2. The minimum Gasteiger partial charge on any atom is -0.495 e. The van der Waals surface area contributed by atoms with E-state index in [1.54, 1.807) is 17.8 Å². The summed E-state index contributed by atoms with van der Waals surface area (Å²) in [6, 6.07) is 11.8. The van der Waals surface area contributed by atoms with Crippen LogP contribution in [0.25, 0.3) is 11.0 Å². The number of para-hydroxylation sites is 1. The lowest BCUT2D eigenvalue weighted by molar-refractivity contribution is 0.0997. The van der Waals surface area contributed by atoms with Crippen LogP contribution in [0, 0.1) is 0 Å². The number of sulfonamides is 1. The second-order valence-electron chi connectivity index (χ2n) is 6.44. The smallest absolute Gasteiger partial charge is 0.291 e. The highest BCUT2D eigenvalue weighted by Crippen LogP contribution is 2.32. The number of benzene rings is 2. The van der Waals surface area contributed by atoms with Crippen LogP contribution in [-0.4, -0.2) is 46.1 Å². The van der Waals surface area contributed by atoms with Crippen molar-refractivity contribution in [3.63, 3.8) is 0 Å². The molecule has 0 spiro atoms. The fourth-order valence-corrected chi connectivity index (χ4v) is 4.41. The molecule has 1 amide bonds. The van der Waals surface area contributed by atoms with Gasteiger partial charge in [0.15, 0.2) is 5.76 Å². The Morgan fingerprint density at radius 1 is 1.21 bits per heavy atom. The first-order chi connectivity index (χ1) is 13.8. The van der Waals surface area contributed by atoms with Gasteiger partial charge in [-0.15, -0.1) is 0 Å². The van der Waals surface area contributed by atoms with Gasteiger partial charge in [-0.3, -0.25) is 4.79 Å². The maximum absolute atomic E-state index is 13.0. The molecule has 0 aliphatic carbocycles. The lowest BCUT2D eigenvalue weighted by Crippen LogP contribution is -2.22. The molecule has 0 bridgehead atoms. The van der Waals surface area contributed by atoms with E-state index < -0.39 is 15.9 Å². The lowest BCUT2D eigenvalue weighted by atomic mass is 10.1. The molecule has 1 heterocycles. The molecule has 1 aromatic heterocycles. The monoisotopic (exact) mass is 434 g/mol.